The van der Waals surface area contributed by atoms with Crippen LogP contribution in [-0.4, -0.2) is 47.1 Å². The van der Waals surface area contributed by atoms with E-state index >= 15 is 0 Å². The van der Waals surface area contributed by atoms with Crippen molar-refractivity contribution in [3.63, 3.8) is 0 Å². The topological polar surface area (TPSA) is 62.5 Å². The van der Waals surface area contributed by atoms with Crippen LogP contribution in [0.5, 0.6) is 0 Å². The van der Waals surface area contributed by atoms with Crippen LogP contribution < -0.4 is 4.90 Å². The first-order valence-electron chi connectivity index (χ1n) is 8.25. The molecule has 1 fully saturated rings. The highest BCUT2D eigenvalue weighted by molar-refractivity contribution is 5.94. The van der Waals surface area contributed by atoms with Gasteiger partial charge in [0.25, 0.3) is 5.91 Å². The second-order valence-electron chi connectivity index (χ2n) is 6.11. The molecule has 0 atom stereocenters. The molecule has 0 saturated carbocycles. The smallest absolute Gasteiger partial charge is 0.276 e. The second-order valence-corrected chi connectivity index (χ2v) is 6.11. The Morgan fingerprint density at radius 2 is 1.91 bits per heavy atom. The Morgan fingerprint density at radius 1 is 1.09 bits per heavy atom. The van der Waals surface area contributed by atoms with Crippen molar-refractivity contribution in [3.05, 3.63) is 41.4 Å². The molecule has 23 heavy (non-hydrogen) atoms. The molecular formula is C17H20N4O2. The number of anilines is 1. The minimum Gasteiger partial charge on any atom is -0.360 e. The average Bonchev–Trinajstić information content (AvgIpc) is 3.06. The van der Waals surface area contributed by atoms with Crippen LogP contribution in [0.1, 0.15) is 34.7 Å². The summed E-state index contributed by atoms with van der Waals surface area (Å²) in [4.78, 5) is 21.2. The van der Waals surface area contributed by atoms with E-state index in [4.69, 9.17) is 4.52 Å². The third-order valence-electron chi connectivity index (χ3n) is 4.69. The molecule has 3 heterocycles. The van der Waals surface area contributed by atoms with Crippen LogP contribution >= 0.6 is 0 Å². The molecule has 6 heteroatoms. The molecular weight excluding hydrogens is 292 g/mol. The summed E-state index contributed by atoms with van der Waals surface area (Å²) >= 11 is 0. The molecule has 1 amide bonds. The number of carbonyl (C=O) groups excluding carboxylic acids is 1. The number of aromatic nitrogens is 2. The molecule has 4 rings (SSSR count). The Hall–Kier alpha value is -2.37. The van der Waals surface area contributed by atoms with Crippen molar-refractivity contribution in [1.29, 1.82) is 0 Å². The summed E-state index contributed by atoms with van der Waals surface area (Å²) in [6.45, 7) is 2.97. The lowest BCUT2D eigenvalue weighted by molar-refractivity contribution is 0.0735. The van der Waals surface area contributed by atoms with Crippen molar-refractivity contribution >= 4 is 11.7 Å². The zero-order chi connectivity index (χ0) is 15.6. The van der Waals surface area contributed by atoms with E-state index in [1.807, 2.05) is 23.1 Å². The molecule has 0 unspecified atom stereocenters. The van der Waals surface area contributed by atoms with Crippen LogP contribution in [0.15, 0.2) is 28.9 Å². The van der Waals surface area contributed by atoms with Gasteiger partial charge in [-0.05, 0) is 31.4 Å². The maximum absolute atomic E-state index is 12.7. The van der Waals surface area contributed by atoms with Gasteiger partial charge in [0.2, 0.25) is 0 Å². The predicted octanol–water partition coefficient (Wildman–Crippen LogP) is 1.91. The lowest BCUT2D eigenvalue weighted by Gasteiger charge is -2.35. The van der Waals surface area contributed by atoms with E-state index in [0.29, 0.717) is 18.8 Å². The molecule has 0 radical (unpaired) electrons. The first-order valence-corrected chi connectivity index (χ1v) is 8.25. The van der Waals surface area contributed by atoms with Crippen LogP contribution in [0.2, 0.25) is 0 Å². The molecule has 2 aromatic rings. The Bertz CT molecular complexity index is 690. The van der Waals surface area contributed by atoms with Crippen molar-refractivity contribution in [2.75, 3.05) is 31.1 Å². The van der Waals surface area contributed by atoms with Gasteiger partial charge in [-0.3, -0.25) is 4.79 Å². The number of fused-ring (bicyclic) bond motifs is 1. The molecule has 0 bridgehead atoms. The van der Waals surface area contributed by atoms with Gasteiger partial charge in [0.05, 0.1) is 0 Å². The van der Waals surface area contributed by atoms with Crippen LogP contribution in [0, 0.1) is 0 Å². The van der Waals surface area contributed by atoms with Crippen molar-refractivity contribution in [2.45, 2.75) is 25.7 Å². The maximum Gasteiger partial charge on any atom is 0.276 e. The van der Waals surface area contributed by atoms with Crippen LogP contribution in [0.3, 0.4) is 0 Å². The minimum atomic E-state index is 0.0116. The van der Waals surface area contributed by atoms with Crippen molar-refractivity contribution < 1.29 is 9.32 Å². The summed E-state index contributed by atoms with van der Waals surface area (Å²) in [5.41, 5.74) is 1.57. The molecule has 2 aliphatic rings. The van der Waals surface area contributed by atoms with E-state index in [2.05, 4.69) is 15.0 Å². The highest BCUT2D eigenvalue weighted by Crippen LogP contribution is 2.25. The number of hydrogen-bond acceptors (Lipinski definition) is 5. The standard InChI is InChI=1S/C17H20N4O2/c22-17(16-13-5-1-2-6-14(13)23-19-16)21-11-9-20(10-12-21)15-7-3-4-8-18-15/h3-4,7-8H,1-2,5-6,9-12H2. The summed E-state index contributed by atoms with van der Waals surface area (Å²) in [5.74, 6) is 1.89. The van der Waals surface area contributed by atoms with Gasteiger partial charge in [-0.25, -0.2) is 4.98 Å². The van der Waals surface area contributed by atoms with Crippen LogP contribution in [0.4, 0.5) is 5.82 Å². The zero-order valence-electron chi connectivity index (χ0n) is 13.1. The molecule has 2 aromatic heterocycles. The summed E-state index contributed by atoms with van der Waals surface area (Å²) < 4.78 is 5.37. The van der Waals surface area contributed by atoms with Crippen molar-refractivity contribution in [1.82, 2.24) is 15.0 Å². The molecule has 0 spiro atoms. The molecule has 120 valence electrons. The Labute approximate surface area is 135 Å². The fraction of sp³-hybridized carbons (Fsp3) is 0.471. The molecule has 6 nitrogen and oxygen atoms in total. The van der Waals surface area contributed by atoms with E-state index < -0.39 is 0 Å². The van der Waals surface area contributed by atoms with Crippen molar-refractivity contribution in [2.24, 2.45) is 0 Å². The number of nitrogens with zero attached hydrogens (tertiary/aromatic N) is 4. The fourth-order valence-electron chi connectivity index (χ4n) is 3.38. The fourth-order valence-corrected chi connectivity index (χ4v) is 3.38. The first kappa shape index (κ1) is 14.2. The van der Waals surface area contributed by atoms with Gasteiger partial charge >= 0.3 is 0 Å². The monoisotopic (exact) mass is 312 g/mol. The van der Waals surface area contributed by atoms with Gasteiger partial charge in [-0.2, -0.15) is 0 Å². The Kier molecular flexibility index (Phi) is 3.73. The summed E-state index contributed by atoms with van der Waals surface area (Å²) in [7, 11) is 0. The van der Waals surface area contributed by atoms with E-state index in [1.165, 1.54) is 0 Å². The number of pyridine rings is 1. The normalized spacial score (nSPS) is 17.9. The van der Waals surface area contributed by atoms with Crippen LogP contribution in [0.25, 0.3) is 0 Å². The van der Waals surface area contributed by atoms with E-state index in [0.717, 1.165) is 55.9 Å². The summed E-state index contributed by atoms with van der Waals surface area (Å²) in [6.07, 6.45) is 5.85. The average molecular weight is 312 g/mol. The van der Waals surface area contributed by atoms with Gasteiger partial charge in [-0.1, -0.05) is 11.2 Å². The third-order valence-corrected chi connectivity index (χ3v) is 4.69. The van der Waals surface area contributed by atoms with E-state index in [-0.39, 0.29) is 5.91 Å². The Balaban J connectivity index is 1.44. The van der Waals surface area contributed by atoms with Gasteiger partial charge in [-0.15, -0.1) is 0 Å². The largest absolute Gasteiger partial charge is 0.360 e. The SMILES string of the molecule is O=C(c1noc2c1CCCC2)N1CCN(c2ccccn2)CC1. The maximum atomic E-state index is 12.7. The number of aryl methyl sites for hydroxylation is 1. The predicted molar refractivity (Wildman–Crippen MR) is 85.5 cm³/mol. The van der Waals surface area contributed by atoms with Gasteiger partial charge in [0.15, 0.2) is 5.69 Å². The number of carbonyl (C=O) groups is 1. The first-order chi connectivity index (χ1) is 11.3. The highest BCUT2D eigenvalue weighted by atomic mass is 16.5. The summed E-state index contributed by atoms with van der Waals surface area (Å²) in [5, 5.41) is 4.06. The third kappa shape index (κ3) is 2.69. The number of rotatable bonds is 2. The number of hydrogen-bond donors (Lipinski definition) is 0. The lowest BCUT2D eigenvalue weighted by Crippen LogP contribution is -2.49. The van der Waals surface area contributed by atoms with Crippen LogP contribution in [-0.2, 0) is 12.8 Å². The van der Waals surface area contributed by atoms with Gasteiger partial charge in [0, 0.05) is 44.4 Å². The quantitative estimate of drug-likeness (QED) is 0.847. The summed E-state index contributed by atoms with van der Waals surface area (Å²) in [6, 6.07) is 5.91. The van der Waals surface area contributed by atoms with E-state index in [1.54, 1.807) is 6.20 Å². The second kappa shape index (κ2) is 6.02. The van der Waals surface area contributed by atoms with E-state index in [9.17, 15) is 4.79 Å². The molecule has 0 aromatic carbocycles. The molecule has 1 aliphatic carbocycles. The van der Waals surface area contributed by atoms with Crippen molar-refractivity contribution in [3.8, 4) is 0 Å². The Morgan fingerprint density at radius 3 is 2.70 bits per heavy atom. The lowest BCUT2D eigenvalue weighted by atomic mass is 9.96. The number of amides is 1. The molecule has 1 saturated heterocycles. The molecule has 0 N–H and O–H groups in total. The molecule has 1 aliphatic heterocycles. The zero-order valence-corrected chi connectivity index (χ0v) is 13.1. The van der Waals surface area contributed by atoms with Gasteiger partial charge < -0.3 is 14.3 Å². The number of piperazine rings is 1. The minimum absolute atomic E-state index is 0.0116. The van der Waals surface area contributed by atoms with Gasteiger partial charge in [0.1, 0.15) is 11.6 Å². The highest BCUT2D eigenvalue weighted by Gasteiger charge is 2.29.